The van der Waals surface area contributed by atoms with Gasteiger partial charge in [-0.1, -0.05) is 18.2 Å². The molecule has 2 aromatic rings. The summed E-state index contributed by atoms with van der Waals surface area (Å²) in [5.41, 5.74) is 0.858. The van der Waals surface area contributed by atoms with Gasteiger partial charge in [-0.25, -0.2) is 9.18 Å². The van der Waals surface area contributed by atoms with E-state index in [0.717, 1.165) is 6.07 Å². The van der Waals surface area contributed by atoms with Gasteiger partial charge in [-0.15, -0.1) is 0 Å². The minimum atomic E-state index is -0.678. The molecule has 0 amide bonds. The van der Waals surface area contributed by atoms with E-state index in [-0.39, 0.29) is 5.56 Å². The van der Waals surface area contributed by atoms with Gasteiger partial charge < -0.3 is 14.2 Å². The van der Waals surface area contributed by atoms with Crippen LogP contribution in [0.25, 0.3) is 6.08 Å². The van der Waals surface area contributed by atoms with E-state index in [4.69, 9.17) is 14.2 Å². The maximum atomic E-state index is 13.1. The first-order valence-electron chi connectivity index (χ1n) is 7.98. The van der Waals surface area contributed by atoms with Gasteiger partial charge in [-0.05, 0) is 42.8 Å². The second-order valence-corrected chi connectivity index (χ2v) is 5.22. The fourth-order valence-electron chi connectivity index (χ4n) is 2.16. The third-order valence-corrected chi connectivity index (χ3v) is 3.39. The summed E-state index contributed by atoms with van der Waals surface area (Å²) in [6, 6.07) is 10.4. The molecule has 6 heteroatoms. The minimum absolute atomic E-state index is 0.151. The summed E-state index contributed by atoms with van der Waals surface area (Å²) in [6.07, 6.45) is 2.74. The predicted octanol–water partition coefficient (Wildman–Crippen LogP) is 3.67. The quantitative estimate of drug-likeness (QED) is 0.409. The summed E-state index contributed by atoms with van der Waals surface area (Å²) in [6.45, 7) is 1.92. The highest BCUT2D eigenvalue weighted by Crippen LogP contribution is 2.28. The van der Waals surface area contributed by atoms with Crippen molar-refractivity contribution >= 4 is 17.8 Å². The van der Waals surface area contributed by atoms with Crippen LogP contribution in [-0.2, 0) is 9.53 Å². The second-order valence-electron chi connectivity index (χ2n) is 5.22. The van der Waals surface area contributed by atoms with Gasteiger partial charge in [-0.2, -0.15) is 0 Å². The number of carbonyl (C=O) groups is 2. The van der Waals surface area contributed by atoms with E-state index in [0.29, 0.717) is 23.7 Å². The van der Waals surface area contributed by atoms with Crippen LogP contribution < -0.4 is 9.47 Å². The normalized spacial score (nSPS) is 10.6. The number of rotatable bonds is 8. The van der Waals surface area contributed by atoms with E-state index in [1.807, 2.05) is 6.92 Å². The number of ether oxygens (including phenoxy) is 3. The molecule has 0 heterocycles. The topological polar surface area (TPSA) is 61.8 Å². The molecule has 0 aliphatic heterocycles. The maximum absolute atomic E-state index is 13.1. The number of hydrogen-bond donors (Lipinski definition) is 0. The molecular formula is C20H19FO5. The number of carbonyl (C=O) groups excluding carboxylic acids is 2. The van der Waals surface area contributed by atoms with Gasteiger partial charge in [-0.3, -0.25) is 4.79 Å². The highest BCUT2D eigenvalue weighted by molar-refractivity contribution is 5.98. The first kappa shape index (κ1) is 19.2. The summed E-state index contributed by atoms with van der Waals surface area (Å²) in [5, 5.41) is 0. The fraction of sp³-hybridized carbons (Fsp3) is 0.200. The van der Waals surface area contributed by atoms with E-state index in [2.05, 4.69) is 0 Å². The lowest BCUT2D eigenvalue weighted by Gasteiger charge is -2.09. The van der Waals surface area contributed by atoms with Crippen LogP contribution >= 0.6 is 0 Å². The van der Waals surface area contributed by atoms with Crippen molar-refractivity contribution in [2.45, 2.75) is 6.92 Å². The number of methoxy groups -OCH3 is 1. The van der Waals surface area contributed by atoms with E-state index in [1.54, 1.807) is 18.2 Å². The lowest BCUT2D eigenvalue weighted by Crippen LogP contribution is -2.12. The standard InChI is InChI=1S/C20H19FO5/c1-3-25-18-9-7-14(11-19(18)24-2)8-10-20(23)26-13-17(22)15-5-4-6-16(21)12-15/h4-12H,3,13H2,1-2H3/b10-8+. The largest absolute Gasteiger partial charge is 0.493 e. The van der Waals surface area contributed by atoms with Gasteiger partial charge in [0.1, 0.15) is 5.82 Å². The molecular weight excluding hydrogens is 339 g/mol. The number of Topliss-reactive ketones (excluding diaryl/α,β-unsaturated/α-hetero) is 1. The Balaban J connectivity index is 1.94. The number of hydrogen-bond acceptors (Lipinski definition) is 5. The van der Waals surface area contributed by atoms with E-state index >= 15 is 0 Å². The molecule has 0 unspecified atom stereocenters. The lowest BCUT2D eigenvalue weighted by molar-refractivity contribution is -0.136. The number of esters is 1. The van der Waals surface area contributed by atoms with Crippen LogP contribution in [0.3, 0.4) is 0 Å². The molecule has 0 atom stereocenters. The van der Waals surface area contributed by atoms with Crippen LogP contribution in [0, 0.1) is 5.82 Å². The SMILES string of the molecule is CCOc1ccc(/C=C/C(=O)OCC(=O)c2cccc(F)c2)cc1OC. The van der Waals surface area contributed by atoms with Gasteiger partial charge >= 0.3 is 5.97 Å². The zero-order valence-corrected chi connectivity index (χ0v) is 14.5. The molecule has 2 rings (SSSR count). The third-order valence-electron chi connectivity index (χ3n) is 3.39. The molecule has 0 saturated carbocycles. The fourth-order valence-corrected chi connectivity index (χ4v) is 2.16. The first-order valence-corrected chi connectivity index (χ1v) is 7.98. The Kier molecular flexibility index (Phi) is 6.91. The maximum Gasteiger partial charge on any atom is 0.331 e. The highest BCUT2D eigenvalue weighted by Gasteiger charge is 2.09. The predicted molar refractivity (Wildman–Crippen MR) is 94.9 cm³/mol. The Labute approximate surface area is 151 Å². The molecule has 0 radical (unpaired) electrons. The number of ketones is 1. The van der Waals surface area contributed by atoms with Crippen LogP contribution in [0.4, 0.5) is 4.39 Å². The summed E-state index contributed by atoms with van der Waals surface area (Å²) < 4.78 is 28.6. The molecule has 0 spiro atoms. The van der Waals surface area contributed by atoms with Crippen molar-refractivity contribution in [1.82, 2.24) is 0 Å². The van der Waals surface area contributed by atoms with Crippen molar-refractivity contribution in [2.24, 2.45) is 0 Å². The van der Waals surface area contributed by atoms with Gasteiger partial charge in [0.05, 0.1) is 13.7 Å². The summed E-state index contributed by atoms with van der Waals surface area (Å²) in [5.74, 6) is -0.526. The van der Waals surface area contributed by atoms with Crippen LogP contribution in [0.1, 0.15) is 22.8 Å². The molecule has 0 aliphatic rings. The van der Waals surface area contributed by atoms with Crippen molar-refractivity contribution < 1.29 is 28.2 Å². The Morgan fingerprint density at radius 3 is 2.62 bits per heavy atom. The minimum Gasteiger partial charge on any atom is -0.493 e. The first-order chi connectivity index (χ1) is 12.5. The highest BCUT2D eigenvalue weighted by atomic mass is 19.1. The Morgan fingerprint density at radius 2 is 1.92 bits per heavy atom. The average Bonchev–Trinajstić information content (AvgIpc) is 2.65. The van der Waals surface area contributed by atoms with Crippen molar-refractivity contribution in [2.75, 3.05) is 20.3 Å². The van der Waals surface area contributed by atoms with Gasteiger partial charge in [0.25, 0.3) is 0 Å². The average molecular weight is 358 g/mol. The van der Waals surface area contributed by atoms with E-state index in [9.17, 15) is 14.0 Å². The third kappa shape index (κ3) is 5.44. The molecule has 0 aliphatic carbocycles. The van der Waals surface area contributed by atoms with Crippen molar-refractivity contribution in [3.63, 3.8) is 0 Å². The monoisotopic (exact) mass is 358 g/mol. The molecule has 0 bridgehead atoms. The lowest BCUT2D eigenvalue weighted by atomic mass is 10.1. The van der Waals surface area contributed by atoms with Crippen LogP contribution in [0.2, 0.25) is 0 Å². The van der Waals surface area contributed by atoms with Crippen molar-refractivity contribution in [1.29, 1.82) is 0 Å². The van der Waals surface area contributed by atoms with Gasteiger partial charge in [0.2, 0.25) is 0 Å². The van der Waals surface area contributed by atoms with Crippen molar-refractivity contribution in [3.8, 4) is 11.5 Å². The number of benzene rings is 2. The molecule has 0 aromatic heterocycles. The zero-order valence-electron chi connectivity index (χ0n) is 14.5. The van der Waals surface area contributed by atoms with Gasteiger partial charge in [0.15, 0.2) is 23.9 Å². The van der Waals surface area contributed by atoms with Gasteiger partial charge in [0, 0.05) is 11.6 Å². The molecule has 5 nitrogen and oxygen atoms in total. The summed E-state index contributed by atoms with van der Waals surface area (Å²) >= 11 is 0. The van der Waals surface area contributed by atoms with Crippen molar-refractivity contribution in [3.05, 3.63) is 65.5 Å². The zero-order chi connectivity index (χ0) is 18.9. The molecule has 2 aromatic carbocycles. The Hall–Kier alpha value is -3.15. The van der Waals surface area contributed by atoms with Crippen LogP contribution in [0.5, 0.6) is 11.5 Å². The molecule has 26 heavy (non-hydrogen) atoms. The smallest absolute Gasteiger partial charge is 0.331 e. The Bertz CT molecular complexity index is 814. The molecule has 0 fully saturated rings. The Morgan fingerprint density at radius 1 is 1.12 bits per heavy atom. The molecule has 0 N–H and O–H groups in total. The number of halogens is 1. The second kappa shape index (κ2) is 9.36. The van der Waals surface area contributed by atoms with E-state index < -0.39 is 24.2 Å². The van der Waals surface area contributed by atoms with Crippen LogP contribution in [0.15, 0.2) is 48.5 Å². The van der Waals surface area contributed by atoms with E-state index in [1.165, 1.54) is 37.5 Å². The molecule has 0 saturated heterocycles. The summed E-state index contributed by atoms with van der Waals surface area (Å²) in [7, 11) is 1.53. The molecule has 136 valence electrons. The summed E-state index contributed by atoms with van der Waals surface area (Å²) in [4.78, 5) is 23.6. The van der Waals surface area contributed by atoms with Crippen LogP contribution in [-0.4, -0.2) is 32.1 Å².